The van der Waals surface area contributed by atoms with Crippen molar-refractivity contribution in [2.24, 2.45) is 5.92 Å². The summed E-state index contributed by atoms with van der Waals surface area (Å²) in [4.78, 5) is 29.2. The highest BCUT2D eigenvalue weighted by Gasteiger charge is 2.48. The fourth-order valence-electron chi connectivity index (χ4n) is 8.72. The number of rotatable bonds is 6. The summed E-state index contributed by atoms with van der Waals surface area (Å²) in [5, 5.41) is 13.9. The summed E-state index contributed by atoms with van der Waals surface area (Å²) >= 11 is 7.84. The first-order valence-electron chi connectivity index (χ1n) is 18.0. The number of thiophene rings is 1. The van der Waals surface area contributed by atoms with Gasteiger partial charge in [-0.2, -0.15) is 15.2 Å². The fraction of sp³-hybridized carbons (Fsp3) is 0.514. The van der Waals surface area contributed by atoms with Crippen molar-refractivity contribution < 1.29 is 18.3 Å². The van der Waals surface area contributed by atoms with E-state index in [1.165, 1.54) is 31.4 Å². The van der Waals surface area contributed by atoms with Crippen LogP contribution in [0.3, 0.4) is 0 Å². The van der Waals surface area contributed by atoms with E-state index >= 15 is 4.39 Å². The molecule has 2 aromatic carbocycles. The van der Waals surface area contributed by atoms with Crippen LogP contribution in [0.4, 0.5) is 19.6 Å². The van der Waals surface area contributed by atoms with Gasteiger partial charge in [-0.05, 0) is 62.9 Å². The molecule has 5 aliphatic heterocycles. The third-order valence-corrected chi connectivity index (χ3v) is 12.8. The first-order valence-corrected chi connectivity index (χ1v) is 19.2. The molecule has 3 atom stereocenters. The number of ether oxygens (including phenoxy) is 1. The molecule has 10 nitrogen and oxygen atoms in total. The van der Waals surface area contributed by atoms with E-state index < -0.39 is 11.6 Å². The Labute approximate surface area is 303 Å². The molecule has 1 amide bonds. The summed E-state index contributed by atoms with van der Waals surface area (Å²) in [6, 6.07) is 6.36. The number of nitriles is 1. The lowest BCUT2D eigenvalue weighted by molar-refractivity contribution is -0.131. The van der Waals surface area contributed by atoms with Crippen LogP contribution in [0.5, 0.6) is 6.01 Å². The topological polar surface area (TPSA) is 134 Å². The second-order valence-electron chi connectivity index (χ2n) is 14.8. The summed E-state index contributed by atoms with van der Waals surface area (Å²) in [5.74, 6) is -0.380. The summed E-state index contributed by atoms with van der Waals surface area (Å²) in [7, 11) is 0. The highest BCUT2D eigenvalue weighted by Crippen LogP contribution is 2.47. The standard InChI is InChI=1S/C34H33ClF2N8O2S.C3H6/c35-21-11-19-28(27(37)26(21)18-3-4-22(36)29-25(18)20(12-38)30(39)48-29)41-33(47-16-34-6-1-8-44(34)9-2-7-34)42-31(19)43-14-17-5-10-45(24(17)15-43)32(46)23-13-40-23;1-2-3-1/h3-4,11,17,23-24,40H,1-2,5-10,13-16,39H2;1-3H2. The molecule has 266 valence electrons. The number of nitrogens with one attached hydrogen (secondary N) is 1. The van der Waals surface area contributed by atoms with Crippen molar-refractivity contribution in [2.45, 2.75) is 69.0 Å². The molecule has 6 aliphatic rings. The van der Waals surface area contributed by atoms with Gasteiger partial charge in [0.05, 0.1) is 32.9 Å². The van der Waals surface area contributed by atoms with Crippen LogP contribution in [0.2, 0.25) is 5.02 Å². The van der Waals surface area contributed by atoms with Crippen molar-refractivity contribution in [3.63, 3.8) is 0 Å². The van der Waals surface area contributed by atoms with Crippen molar-refractivity contribution >= 4 is 60.7 Å². The lowest BCUT2D eigenvalue weighted by Gasteiger charge is -2.31. The molecule has 0 radical (unpaired) electrons. The molecule has 6 fully saturated rings. The lowest BCUT2D eigenvalue weighted by atomic mass is 9.95. The Morgan fingerprint density at radius 3 is 2.61 bits per heavy atom. The number of benzene rings is 2. The van der Waals surface area contributed by atoms with E-state index in [1.807, 2.05) is 4.90 Å². The zero-order chi connectivity index (χ0) is 35.0. The number of hydrogen-bond donors (Lipinski definition) is 2. The largest absolute Gasteiger partial charge is 0.461 e. The minimum atomic E-state index is -0.718. The first-order chi connectivity index (χ1) is 24.8. The van der Waals surface area contributed by atoms with Crippen LogP contribution >= 0.6 is 22.9 Å². The lowest BCUT2D eigenvalue weighted by Crippen LogP contribution is -2.43. The Morgan fingerprint density at radius 1 is 1.14 bits per heavy atom. The van der Waals surface area contributed by atoms with Crippen molar-refractivity contribution in [3.05, 3.63) is 40.4 Å². The number of halogens is 3. The highest BCUT2D eigenvalue weighted by molar-refractivity contribution is 7.23. The van der Waals surface area contributed by atoms with Gasteiger partial charge >= 0.3 is 6.01 Å². The van der Waals surface area contributed by atoms with Crippen molar-refractivity contribution in [1.29, 1.82) is 5.26 Å². The number of hydrogen-bond acceptors (Lipinski definition) is 10. The van der Waals surface area contributed by atoms with Crippen LogP contribution in [0.1, 0.15) is 56.9 Å². The molecular weight excluding hydrogens is 694 g/mol. The second kappa shape index (κ2) is 12.7. The van der Waals surface area contributed by atoms with E-state index in [1.54, 1.807) is 6.07 Å². The van der Waals surface area contributed by atoms with Gasteiger partial charge in [0.25, 0.3) is 0 Å². The minimum Gasteiger partial charge on any atom is -0.461 e. The van der Waals surface area contributed by atoms with E-state index in [0.717, 1.165) is 63.1 Å². The predicted octanol–water partition coefficient (Wildman–Crippen LogP) is 6.08. The number of anilines is 2. The Balaban J connectivity index is 0.00000111. The molecule has 2 aromatic heterocycles. The fourth-order valence-corrected chi connectivity index (χ4v) is 9.97. The van der Waals surface area contributed by atoms with Gasteiger partial charge in [0.15, 0.2) is 5.82 Å². The Morgan fingerprint density at radius 2 is 1.90 bits per heavy atom. The number of nitrogens with two attached hydrogens (primary N) is 1. The molecule has 3 unspecified atom stereocenters. The average molecular weight is 733 g/mol. The van der Waals surface area contributed by atoms with E-state index in [-0.39, 0.29) is 77.8 Å². The number of fused-ring (bicyclic) bond motifs is 4. The maximum Gasteiger partial charge on any atom is 0.319 e. The maximum absolute atomic E-state index is 17.1. The Bertz CT molecular complexity index is 2100. The monoisotopic (exact) mass is 732 g/mol. The van der Waals surface area contributed by atoms with Crippen molar-refractivity contribution in [3.8, 4) is 23.2 Å². The summed E-state index contributed by atoms with van der Waals surface area (Å²) in [6.07, 6.45) is 9.66. The Hall–Kier alpha value is -3.83. The number of likely N-dealkylation sites (tertiary alicyclic amines) is 1. The van der Waals surface area contributed by atoms with Crippen LogP contribution in [0.25, 0.3) is 32.1 Å². The molecule has 7 heterocycles. The van der Waals surface area contributed by atoms with Gasteiger partial charge in [-0.15, -0.1) is 11.3 Å². The maximum atomic E-state index is 17.1. The normalized spacial score (nSPS) is 24.4. The Kier molecular flexibility index (Phi) is 8.22. The second-order valence-corrected chi connectivity index (χ2v) is 16.3. The van der Waals surface area contributed by atoms with Crippen LogP contribution < -0.4 is 20.7 Å². The molecule has 3 N–H and O–H groups in total. The third-order valence-electron chi connectivity index (χ3n) is 11.5. The molecule has 0 spiro atoms. The molecule has 1 saturated carbocycles. The number of nitrogen functional groups attached to an aromatic ring is 1. The van der Waals surface area contributed by atoms with Gasteiger partial charge in [-0.1, -0.05) is 36.9 Å². The smallest absolute Gasteiger partial charge is 0.319 e. The molecule has 1 aliphatic carbocycles. The summed E-state index contributed by atoms with van der Waals surface area (Å²) in [6.45, 7) is 5.11. The molecule has 5 saturated heterocycles. The van der Waals surface area contributed by atoms with E-state index in [0.29, 0.717) is 37.4 Å². The molecule has 0 bridgehead atoms. The zero-order valence-corrected chi connectivity index (χ0v) is 29.8. The number of aromatic nitrogens is 2. The van der Waals surface area contributed by atoms with Gasteiger partial charge in [0.2, 0.25) is 5.91 Å². The zero-order valence-electron chi connectivity index (χ0n) is 28.2. The number of carbonyl (C=O) groups is 1. The van der Waals surface area contributed by atoms with Crippen LogP contribution in [0.15, 0.2) is 18.2 Å². The van der Waals surface area contributed by atoms with Gasteiger partial charge in [-0.25, -0.2) is 8.78 Å². The van der Waals surface area contributed by atoms with Crippen LogP contribution in [-0.2, 0) is 4.79 Å². The van der Waals surface area contributed by atoms with Crippen molar-refractivity contribution in [1.82, 2.24) is 25.1 Å². The van der Waals surface area contributed by atoms with Crippen LogP contribution in [-0.4, -0.2) is 89.2 Å². The van der Waals surface area contributed by atoms with Gasteiger partial charge in [-0.3, -0.25) is 9.69 Å². The van der Waals surface area contributed by atoms with Crippen LogP contribution in [0, 0.1) is 28.9 Å². The molecule has 14 heteroatoms. The van der Waals surface area contributed by atoms with Gasteiger partial charge in [0, 0.05) is 48.4 Å². The SMILES string of the molecule is C1CC1.N#Cc1c(N)sc2c(F)ccc(-c3c(Cl)cc4c(N5CC6CCN(C(=O)C7CN7)C6C5)nc(OCC56CCCN5CCC6)nc4c3F)c12. The summed E-state index contributed by atoms with van der Waals surface area (Å²) < 4.78 is 38.5. The quantitative estimate of drug-likeness (QED) is 0.226. The molecule has 51 heavy (non-hydrogen) atoms. The summed E-state index contributed by atoms with van der Waals surface area (Å²) in [5.41, 5.74) is 6.38. The van der Waals surface area contributed by atoms with E-state index in [4.69, 9.17) is 27.1 Å². The highest BCUT2D eigenvalue weighted by atomic mass is 35.5. The number of nitrogens with zero attached hydrogens (tertiary/aromatic N) is 6. The van der Waals surface area contributed by atoms with E-state index in [9.17, 15) is 14.4 Å². The van der Waals surface area contributed by atoms with Gasteiger partial charge in [0.1, 0.15) is 34.8 Å². The van der Waals surface area contributed by atoms with Gasteiger partial charge < -0.3 is 25.6 Å². The number of carbonyl (C=O) groups excluding carboxylic acids is 1. The molecular formula is C37H39ClF2N8O2S. The predicted molar refractivity (Wildman–Crippen MR) is 194 cm³/mol. The first kappa shape index (κ1) is 33.0. The average Bonchev–Trinajstić information content (AvgIpc) is 3.99. The number of amides is 1. The van der Waals surface area contributed by atoms with Crippen molar-refractivity contribution in [2.75, 3.05) is 56.5 Å². The molecule has 10 rings (SSSR count). The molecule has 4 aromatic rings. The minimum absolute atomic E-state index is 0.00224. The van der Waals surface area contributed by atoms with E-state index in [2.05, 4.69) is 26.2 Å². The third kappa shape index (κ3) is 5.66.